The van der Waals surface area contributed by atoms with Crippen molar-refractivity contribution in [3.63, 3.8) is 0 Å². The molecule has 0 unspecified atom stereocenters. The standard InChI is InChI=1S/C23H49ClN.ClH/c1-4-6-8-10-12-14-17-21-25(3,23-19-16-20-24)22-18-15-13-11-9-7-5-2;/h4-23H2,1-3H3;1H/q+1;/p-1. The maximum atomic E-state index is 5.90. The molecule has 0 rings (SSSR count). The van der Waals surface area contributed by atoms with Crippen molar-refractivity contribution in [2.45, 2.75) is 117 Å². The first-order valence-corrected chi connectivity index (χ1v) is 12.1. The Kier molecular flexibility index (Phi) is 24.1. The summed E-state index contributed by atoms with van der Waals surface area (Å²) in [4.78, 5) is 0. The second-order valence-corrected chi connectivity index (χ2v) is 8.81. The Labute approximate surface area is 177 Å². The molecular weight excluding hydrogens is 361 g/mol. The van der Waals surface area contributed by atoms with Gasteiger partial charge in [-0.3, -0.25) is 0 Å². The van der Waals surface area contributed by atoms with E-state index in [0.29, 0.717) is 0 Å². The van der Waals surface area contributed by atoms with Crippen molar-refractivity contribution >= 4 is 11.6 Å². The summed E-state index contributed by atoms with van der Waals surface area (Å²) < 4.78 is 1.29. The Balaban J connectivity index is 0. The summed E-state index contributed by atoms with van der Waals surface area (Å²) in [5, 5.41) is 0. The van der Waals surface area contributed by atoms with Crippen LogP contribution in [0.3, 0.4) is 0 Å². The minimum atomic E-state index is 0. The zero-order chi connectivity index (χ0) is 18.6. The number of alkyl halides is 1. The van der Waals surface area contributed by atoms with Gasteiger partial charge in [0, 0.05) is 5.88 Å². The summed E-state index contributed by atoms with van der Waals surface area (Å²) in [7, 11) is 2.50. The van der Waals surface area contributed by atoms with Gasteiger partial charge in [0.1, 0.15) is 0 Å². The van der Waals surface area contributed by atoms with Gasteiger partial charge in [0.05, 0.1) is 26.7 Å². The number of halogens is 2. The van der Waals surface area contributed by atoms with Crippen LogP contribution in [0.15, 0.2) is 0 Å². The molecule has 26 heavy (non-hydrogen) atoms. The average molecular weight is 411 g/mol. The molecule has 3 heteroatoms. The first-order chi connectivity index (χ1) is 12.2. The molecule has 0 atom stereocenters. The highest BCUT2D eigenvalue weighted by molar-refractivity contribution is 6.17. The summed E-state index contributed by atoms with van der Waals surface area (Å²) >= 11 is 5.90. The van der Waals surface area contributed by atoms with Gasteiger partial charge in [-0.05, 0) is 38.5 Å². The number of quaternary nitrogens is 1. The van der Waals surface area contributed by atoms with Crippen molar-refractivity contribution in [3.8, 4) is 0 Å². The van der Waals surface area contributed by atoms with Crippen LogP contribution in [0.25, 0.3) is 0 Å². The quantitative estimate of drug-likeness (QED) is 0.151. The molecule has 0 aromatic heterocycles. The van der Waals surface area contributed by atoms with Gasteiger partial charge in [-0.15, -0.1) is 11.6 Å². The van der Waals surface area contributed by atoms with Gasteiger partial charge in [0.25, 0.3) is 0 Å². The second-order valence-electron chi connectivity index (χ2n) is 8.43. The van der Waals surface area contributed by atoms with Gasteiger partial charge in [-0.1, -0.05) is 78.1 Å². The molecular formula is C23H49Cl2N. The molecule has 0 saturated carbocycles. The first kappa shape index (κ1) is 28.7. The molecule has 0 radical (unpaired) electrons. The van der Waals surface area contributed by atoms with Crippen LogP contribution in [0.5, 0.6) is 0 Å². The minimum Gasteiger partial charge on any atom is -1.00 e. The molecule has 0 amide bonds. The lowest BCUT2D eigenvalue weighted by atomic mass is 10.1. The Morgan fingerprint density at radius 1 is 0.500 bits per heavy atom. The molecule has 0 aromatic rings. The number of nitrogens with zero attached hydrogens (tertiary/aromatic N) is 1. The molecule has 0 aliphatic carbocycles. The van der Waals surface area contributed by atoms with E-state index >= 15 is 0 Å². The zero-order valence-electron chi connectivity index (χ0n) is 18.3. The van der Waals surface area contributed by atoms with Crippen LogP contribution >= 0.6 is 11.6 Å². The molecule has 0 N–H and O–H groups in total. The van der Waals surface area contributed by atoms with E-state index in [2.05, 4.69) is 20.9 Å². The zero-order valence-corrected chi connectivity index (χ0v) is 19.9. The summed E-state index contributed by atoms with van der Waals surface area (Å²) in [6.07, 6.45) is 22.4. The fourth-order valence-electron chi connectivity index (χ4n) is 3.82. The van der Waals surface area contributed by atoms with E-state index in [9.17, 15) is 0 Å². The number of unbranched alkanes of at least 4 members (excludes halogenated alkanes) is 13. The average Bonchev–Trinajstić information content (AvgIpc) is 2.60. The third-order valence-corrected chi connectivity index (χ3v) is 5.95. The maximum Gasteiger partial charge on any atom is 0.0784 e. The summed E-state index contributed by atoms with van der Waals surface area (Å²) in [6, 6.07) is 0. The number of rotatable bonds is 20. The van der Waals surface area contributed by atoms with Crippen molar-refractivity contribution in [2.24, 2.45) is 0 Å². The fraction of sp³-hybridized carbons (Fsp3) is 1.00. The van der Waals surface area contributed by atoms with E-state index in [1.807, 2.05) is 0 Å². The summed E-state index contributed by atoms with van der Waals surface area (Å²) in [5.74, 6) is 0.828. The maximum absolute atomic E-state index is 5.90. The van der Waals surface area contributed by atoms with E-state index in [0.717, 1.165) is 5.88 Å². The molecule has 160 valence electrons. The van der Waals surface area contributed by atoms with E-state index in [1.54, 1.807) is 0 Å². The summed E-state index contributed by atoms with van der Waals surface area (Å²) in [6.45, 7) is 8.69. The van der Waals surface area contributed by atoms with E-state index < -0.39 is 0 Å². The predicted molar refractivity (Wildman–Crippen MR) is 117 cm³/mol. The monoisotopic (exact) mass is 409 g/mol. The van der Waals surface area contributed by atoms with Crippen LogP contribution in [0, 0.1) is 0 Å². The van der Waals surface area contributed by atoms with Crippen LogP contribution in [-0.2, 0) is 0 Å². The molecule has 0 aromatic carbocycles. The van der Waals surface area contributed by atoms with Gasteiger partial charge in [0.15, 0.2) is 0 Å². The molecule has 0 aliphatic heterocycles. The van der Waals surface area contributed by atoms with Crippen LogP contribution in [0.2, 0.25) is 0 Å². The molecule has 0 saturated heterocycles. The van der Waals surface area contributed by atoms with Crippen LogP contribution in [-0.4, -0.2) is 37.0 Å². The Morgan fingerprint density at radius 2 is 0.808 bits per heavy atom. The Bertz CT molecular complexity index is 241. The first-order valence-electron chi connectivity index (χ1n) is 11.6. The van der Waals surface area contributed by atoms with E-state index in [4.69, 9.17) is 11.6 Å². The third kappa shape index (κ3) is 19.3. The van der Waals surface area contributed by atoms with Crippen molar-refractivity contribution in [2.75, 3.05) is 32.6 Å². The third-order valence-electron chi connectivity index (χ3n) is 5.68. The largest absolute Gasteiger partial charge is 1.00 e. The molecule has 1 nitrogen and oxygen atoms in total. The highest BCUT2D eigenvalue weighted by atomic mass is 35.5. The second kappa shape index (κ2) is 21.8. The van der Waals surface area contributed by atoms with Gasteiger partial charge < -0.3 is 16.9 Å². The molecule has 0 spiro atoms. The van der Waals surface area contributed by atoms with Crippen molar-refractivity contribution in [3.05, 3.63) is 0 Å². The normalized spacial score (nSPS) is 11.5. The SMILES string of the molecule is CCCCCCCCC[N+](C)(CCCCCl)CCCCCCCCC.[Cl-]. The predicted octanol–water partition coefficient (Wildman–Crippen LogP) is 4.96. The van der Waals surface area contributed by atoms with Gasteiger partial charge in [-0.25, -0.2) is 0 Å². The highest BCUT2D eigenvalue weighted by Crippen LogP contribution is 2.15. The van der Waals surface area contributed by atoms with Crippen LogP contribution in [0.1, 0.15) is 117 Å². The van der Waals surface area contributed by atoms with E-state index in [-0.39, 0.29) is 12.4 Å². The van der Waals surface area contributed by atoms with Crippen molar-refractivity contribution < 1.29 is 16.9 Å². The number of hydrogen-bond donors (Lipinski definition) is 0. The number of hydrogen-bond acceptors (Lipinski definition) is 0. The highest BCUT2D eigenvalue weighted by Gasteiger charge is 2.19. The van der Waals surface area contributed by atoms with Gasteiger partial charge >= 0.3 is 0 Å². The minimum absolute atomic E-state index is 0. The van der Waals surface area contributed by atoms with Crippen LogP contribution in [0.4, 0.5) is 0 Å². The lowest BCUT2D eigenvalue weighted by Gasteiger charge is -2.35. The lowest BCUT2D eigenvalue weighted by Crippen LogP contribution is -3.00. The molecule has 0 aliphatic rings. The Morgan fingerprint density at radius 3 is 1.15 bits per heavy atom. The van der Waals surface area contributed by atoms with Crippen molar-refractivity contribution in [1.29, 1.82) is 0 Å². The molecule has 0 bridgehead atoms. The molecule has 0 heterocycles. The van der Waals surface area contributed by atoms with Gasteiger partial charge in [-0.2, -0.15) is 0 Å². The topological polar surface area (TPSA) is 0 Å². The van der Waals surface area contributed by atoms with E-state index in [1.165, 1.54) is 127 Å². The fourth-order valence-corrected chi connectivity index (χ4v) is 4.01. The lowest BCUT2D eigenvalue weighted by molar-refractivity contribution is -0.910. The Hall–Kier alpha value is 0.540. The van der Waals surface area contributed by atoms with Crippen LogP contribution < -0.4 is 12.4 Å². The summed E-state index contributed by atoms with van der Waals surface area (Å²) in [5.41, 5.74) is 0. The van der Waals surface area contributed by atoms with Crippen molar-refractivity contribution in [1.82, 2.24) is 0 Å². The molecule has 0 fully saturated rings. The smallest absolute Gasteiger partial charge is 0.0784 e. The van der Waals surface area contributed by atoms with Gasteiger partial charge in [0.2, 0.25) is 0 Å².